The van der Waals surface area contributed by atoms with Gasteiger partial charge in [0.15, 0.2) is 0 Å². The second-order valence-electron chi connectivity index (χ2n) is 3.51. The zero-order valence-electron chi connectivity index (χ0n) is 9.40. The van der Waals surface area contributed by atoms with E-state index in [9.17, 15) is 14.7 Å². The Kier molecular flexibility index (Phi) is 3.55. The highest BCUT2D eigenvalue weighted by Gasteiger charge is 2.15. The molecule has 94 valence electrons. The van der Waals surface area contributed by atoms with Crippen molar-refractivity contribution in [3.63, 3.8) is 0 Å². The number of aromatic hydroxyl groups is 1. The van der Waals surface area contributed by atoms with Crippen molar-refractivity contribution in [2.45, 2.75) is 6.92 Å². The third kappa shape index (κ3) is 2.33. The summed E-state index contributed by atoms with van der Waals surface area (Å²) in [5.74, 6) is -0.689. The molecule has 2 aromatic rings. The predicted molar refractivity (Wildman–Crippen MR) is 72.8 cm³/mol. The molecule has 0 spiro atoms. The number of phenols is 1. The first-order valence-electron chi connectivity index (χ1n) is 5.16. The van der Waals surface area contributed by atoms with Crippen LogP contribution in [-0.4, -0.2) is 17.7 Å². The molecule has 0 unspecified atom stereocenters. The SMILES string of the molecule is CCOC(=O)c1cc2cc(I)c(O)cc2oc1=O. The van der Waals surface area contributed by atoms with Gasteiger partial charge in [0.2, 0.25) is 0 Å². The van der Waals surface area contributed by atoms with Crippen molar-refractivity contribution in [3.05, 3.63) is 37.8 Å². The van der Waals surface area contributed by atoms with Gasteiger partial charge in [0, 0.05) is 11.5 Å². The zero-order valence-corrected chi connectivity index (χ0v) is 11.6. The summed E-state index contributed by atoms with van der Waals surface area (Å²) in [6.07, 6.45) is 0. The van der Waals surface area contributed by atoms with Gasteiger partial charge in [0.25, 0.3) is 0 Å². The molecule has 0 aliphatic heterocycles. The van der Waals surface area contributed by atoms with Crippen LogP contribution in [0.4, 0.5) is 0 Å². The van der Waals surface area contributed by atoms with Crippen molar-refractivity contribution >= 4 is 39.5 Å². The van der Waals surface area contributed by atoms with E-state index in [0.29, 0.717) is 8.96 Å². The van der Waals surface area contributed by atoms with Crippen molar-refractivity contribution in [1.82, 2.24) is 0 Å². The second-order valence-corrected chi connectivity index (χ2v) is 4.67. The number of benzene rings is 1. The lowest BCUT2D eigenvalue weighted by Crippen LogP contribution is -2.16. The Balaban J connectivity index is 2.65. The predicted octanol–water partition coefficient (Wildman–Crippen LogP) is 2.28. The highest BCUT2D eigenvalue weighted by molar-refractivity contribution is 14.1. The van der Waals surface area contributed by atoms with Gasteiger partial charge < -0.3 is 14.3 Å². The van der Waals surface area contributed by atoms with Gasteiger partial charge in [-0.2, -0.15) is 0 Å². The molecule has 1 aromatic heterocycles. The van der Waals surface area contributed by atoms with Gasteiger partial charge in [-0.3, -0.25) is 0 Å². The fourth-order valence-corrected chi connectivity index (χ4v) is 1.97. The van der Waals surface area contributed by atoms with E-state index in [1.807, 2.05) is 22.6 Å². The Morgan fingerprint density at radius 2 is 2.17 bits per heavy atom. The largest absolute Gasteiger partial charge is 0.507 e. The van der Waals surface area contributed by atoms with E-state index < -0.39 is 11.6 Å². The van der Waals surface area contributed by atoms with Crippen molar-refractivity contribution in [2.24, 2.45) is 0 Å². The number of carbonyl (C=O) groups excluding carboxylic acids is 1. The summed E-state index contributed by atoms with van der Waals surface area (Å²) in [5.41, 5.74) is -0.696. The molecule has 0 saturated heterocycles. The van der Waals surface area contributed by atoms with Crippen LogP contribution in [0.1, 0.15) is 17.3 Å². The van der Waals surface area contributed by atoms with Gasteiger partial charge in [-0.05, 0) is 41.6 Å². The van der Waals surface area contributed by atoms with Gasteiger partial charge >= 0.3 is 11.6 Å². The lowest BCUT2D eigenvalue weighted by atomic mass is 10.2. The lowest BCUT2D eigenvalue weighted by molar-refractivity contribution is 0.0522. The zero-order chi connectivity index (χ0) is 13.3. The summed E-state index contributed by atoms with van der Waals surface area (Å²) in [6.45, 7) is 1.84. The number of halogens is 1. The van der Waals surface area contributed by atoms with Gasteiger partial charge in [-0.25, -0.2) is 9.59 Å². The second kappa shape index (κ2) is 4.97. The molecule has 0 aliphatic carbocycles. The molecule has 6 heteroatoms. The molecule has 5 nitrogen and oxygen atoms in total. The Morgan fingerprint density at radius 3 is 2.83 bits per heavy atom. The lowest BCUT2D eigenvalue weighted by Gasteiger charge is -2.03. The Morgan fingerprint density at radius 1 is 1.44 bits per heavy atom. The molecule has 1 N–H and O–H groups in total. The van der Waals surface area contributed by atoms with E-state index in [2.05, 4.69) is 0 Å². The van der Waals surface area contributed by atoms with E-state index in [1.54, 1.807) is 13.0 Å². The van der Waals surface area contributed by atoms with Crippen LogP contribution in [0.2, 0.25) is 0 Å². The maximum absolute atomic E-state index is 11.6. The summed E-state index contributed by atoms with van der Waals surface area (Å²) >= 11 is 1.94. The van der Waals surface area contributed by atoms with Crippen LogP contribution in [0, 0.1) is 3.57 Å². The van der Waals surface area contributed by atoms with Gasteiger partial charge in [0.1, 0.15) is 16.9 Å². The quantitative estimate of drug-likeness (QED) is 0.505. The molecule has 0 saturated carbocycles. The van der Waals surface area contributed by atoms with Gasteiger partial charge in [-0.1, -0.05) is 0 Å². The number of rotatable bonds is 2. The number of carbonyl (C=O) groups is 1. The highest BCUT2D eigenvalue weighted by atomic mass is 127. The van der Waals surface area contributed by atoms with Crippen LogP contribution in [0.5, 0.6) is 5.75 Å². The maximum Gasteiger partial charge on any atom is 0.351 e. The number of phenolic OH excluding ortho intramolecular Hbond substituents is 1. The number of hydrogen-bond donors (Lipinski definition) is 1. The van der Waals surface area contributed by atoms with E-state index in [1.165, 1.54) is 12.1 Å². The van der Waals surface area contributed by atoms with Crippen molar-refractivity contribution in [1.29, 1.82) is 0 Å². The first kappa shape index (κ1) is 12.9. The number of fused-ring (bicyclic) bond motifs is 1. The number of esters is 1. The minimum Gasteiger partial charge on any atom is -0.507 e. The topological polar surface area (TPSA) is 76.7 Å². The summed E-state index contributed by atoms with van der Waals surface area (Å²) in [4.78, 5) is 23.1. The van der Waals surface area contributed by atoms with Crippen molar-refractivity contribution in [2.75, 3.05) is 6.61 Å². The third-order valence-electron chi connectivity index (χ3n) is 2.30. The van der Waals surface area contributed by atoms with E-state index in [4.69, 9.17) is 9.15 Å². The first-order chi connectivity index (χ1) is 8.52. The number of hydrogen-bond acceptors (Lipinski definition) is 5. The summed E-state index contributed by atoms with van der Waals surface area (Å²) in [6, 6.07) is 4.37. The summed E-state index contributed by atoms with van der Waals surface area (Å²) in [7, 11) is 0. The highest BCUT2D eigenvalue weighted by Crippen LogP contribution is 2.25. The first-order valence-corrected chi connectivity index (χ1v) is 6.24. The molecule has 0 bridgehead atoms. The molecule has 0 aliphatic rings. The molecule has 1 aromatic carbocycles. The van der Waals surface area contributed by atoms with E-state index in [-0.39, 0.29) is 23.5 Å². The molecule has 0 amide bonds. The number of ether oxygens (including phenoxy) is 1. The van der Waals surface area contributed by atoms with Gasteiger partial charge in [0.05, 0.1) is 10.2 Å². The molecule has 2 rings (SSSR count). The monoisotopic (exact) mass is 360 g/mol. The molecule has 18 heavy (non-hydrogen) atoms. The van der Waals surface area contributed by atoms with Crippen molar-refractivity contribution in [3.8, 4) is 5.75 Å². The molecule has 0 atom stereocenters. The Bertz CT molecular complexity index is 674. The van der Waals surface area contributed by atoms with Crippen LogP contribution < -0.4 is 5.63 Å². The molecular formula is C12H9IO5. The normalized spacial score (nSPS) is 10.6. The van der Waals surface area contributed by atoms with E-state index >= 15 is 0 Å². The minimum absolute atomic E-state index is 0.0233. The van der Waals surface area contributed by atoms with Crippen molar-refractivity contribution < 1.29 is 19.1 Å². The van der Waals surface area contributed by atoms with Crippen LogP contribution in [0.25, 0.3) is 11.0 Å². The molecule has 0 radical (unpaired) electrons. The average molecular weight is 360 g/mol. The third-order valence-corrected chi connectivity index (χ3v) is 3.16. The minimum atomic E-state index is -0.776. The van der Waals surface area contributed by atoms with E-state index in [0.717, 1.165) is 0 Å². The smallest absolute Gasteiger partial charge is 0.351 e. The van der Waals surface area contributed by atoms with Crippen LogP contribution in [0.3, 0.4) is 0 Å². The summed E-state index contributed by atoms with van der Waals surface area (Å²) in [5, 5.41) is 10.1. The summed E-state index contributed by atoms with van der Waals surface area (Å²) < 4.78 is 10.3. The molecule has 1 heterocycles. The maximum atomic E-state index is 11.6. The van der Waals surface area contributed by atoms with Crippen LogP contribution in [-0.2, 0) is 4.74 Å². The van der Waals surface area contributed by atoms with Gasteiger partial charge in [-0.15, -0.1) is 0 Å². The molecule has 0 fully saturated rings. The fourth-order valence-electron chi connectivity index (χ4n) is 1.48. The standard InChI is InChI=1S/C12H9IO5/c1-2-17-11(15)7-3-6-4-8(13)9(14)5-10(6)18-12(7)16/h3-5,14H,2H2,1H3. The molecular weight excluding hydrogens is 351 g/mol. The Labute approximate surface area is 116 Å². The van der Waals surface area contributed by atoms with Crippen LogP contribution in [0.15, 0.2) is 27.4 Å². The Hall–Kier alpha value is -1.57. The fraction of sp³-hybridized carbons (Fsp3) is 0.167. The average Bonchev–Trinajstić information content (AvgIpc) is 2.31. The van der Waals surface area contributed by atoms with Crippen LogP contribution >= 0.6 is 22.6 Å².